The van der Waals surface area contributed by atoms with Gasteiger partial charge in [-0.2, -0.15) is 0 Å². The lowest BCUT2D eigenvalue weighted by Gasteiger charge is -2.43. The summed E-state index contributed by atoms with van der Waals surface area (Å²) < 4.78 is 5.21. The van der Waals surface area contributed by atoms with E-state index in [9.17, 15) is 4.79 Å². The number of hydrogen-bond acceptors (Lipinski definition) is 4. The number of piperidine rings is 1. The molecule has 0 atom stereocenters. The van der Waals surface area contributed by atoms with E-state index in [1.54, 1.807) is 18.5 Å². The third-order valence-corrected chi connectivity index (χ3v) is 4.65. The molecule has 0 radical (unpaired) electrons. The molecule has 21 heavy (non-hydrogen) atoms. The molecular weight excluding hydrogens is 268 g/mol. The molecule has 0 saturated carbocycles. The van der Waals surface area contributed by atoms with E-state index in [0.29, 0.717) is 5.76 Å². The Bertz CT molecular complexity index is 638. The van der Waals surface area contributed by atoms with Gasteiger partial charge in [0.2, 0.25) is 0 Å². The van der Waals surface area contributed by atoms with Gasteiger partial charge < -0.3 is 19.6 Å². The molecule has 0 bridgehead atoms. The SMILES string of the molecule is O=C(c1ccco1)N1CCC2(CC1)NCCc1[nH]cnc12. The maximum absolute atomic E-state index is 12.3. The number of hydrogen-bond donors (Lipinski definition) is 2. The van der Waals surface area contributed by atoms with Gasteiger partial charge in [0.1, 0.15) is 0 Å². The molecule has 0 aromatic carbocycles. The maximum Gasteiger partial charge on any atom is 0.289 e. The quantitative estimate of drug-likeness (QED) is 0.828. The van der Waals surface area contributed by atoms with E-state index in [1.807, 2.05) is 4.90 Å². The van der Waals surface area contributed by atoms with Crippen LogP contribution in [-0.2, 0) is 12.0 Å². The number of aromatic amines is 1. The first-order chi connectivity index (χ1) is 10.3. The average molecular weight is 286 g/mol. The Balaban J connectivity index is 1.52. The van der Waals surface area contributed by atoms with Crippen molar-refractivity contribution in [3.8, 4) is 0 Å². The Morgan fingerprint density at radius 3 is 3.00 bits per heavy atom. The van der Waals surface area contributed by atoms with Crippen LogP contribution in [0.15, 0.2) is 29.1 Å². The third-order valence-electron chi connectivity index (χ3n) is 4.65. The second-order valence-electron chi connectivity index (χ2n) is 5.76. The number of nitrogens with one attached hydrogen (secondary N) is 2. The lowest BCUT2D eigenvalue weighted by molar-refractivity contribution is 0.0595. The van der Waals surface area contributed by atoms with Crippen molar-refractivity contribution >= 4 is 5.91 Å². The van der Waals surface area contributed by atoms with Crippen molar-refractivity contribution in [3.63, 3.8) is 0 Å². The summed E-state index contributed by atoms with van der Waals surface area (Å²) >= 11 is 0. The van der Waals surface area contributed by atoms with Crippen molar-refractivity contribution in [2.75, 3.05) is 19.6 Å². The average Bonchev–Trinajstić information content (AvgIpc) is 3.19. The molecule has 0 unspecified atom stereocenters. The smallest absolute Gasteiger partial charge is 0.289 e. The van der Waals surface area contributed by atoms with Gasteiger partial charge >= 0.3 is 0 Å². The van der Waals surface area contributed by atoms with Gasteiger partial charge in [-0.1, -0.05) is 0 Å². The largest absolute Gasteiger partial charge is 0.459 e. The molecule has 4 rings (SSSR count). The van der Waals surface area contributed by atoms with Crippen molar-refractivity contribution in [3.05, 3.63) is 41.9 Å². The first-order valence-corrected chi connectivity index (χ1v) is 7.39. The normalized spacial score (nSPS) is 20.5. The first kappa shape index (κ1) is 12.6. The summed E-state index contributed by atoms with van der Waals surface area (Å²) in [6.07, 6.45) is 6.08. The molecule has 6 nitrogen and oxygen atoms in total. The molecule has 1 fully saturated rings. The highest BCUT2D eigenvalue weighted by Crippen LogP contribution is 2.36. The molecule has 1 saturated heterocycles. The van der Waals surface area contributed by atoms with E-state index >= 15 is 0 Å². The number of H-pyrrole nitrogens is 1. The van der Waals surface area contributed by atoms with E-state index in [0.717, 1.165) is 44.6 Å². The van der Waals surface area contributed by atoms with Crippen LogP contribution in [0.25, 0.3) is 0 Å². The summed E-state index contributed by atoms with van der Waals surface area (Å²) in [6, 6.07) is 3.47. The molecule has 6 heteroatoms. The molecule has 0 aliphatic carbocycles. The Morgan fingerprint density at radius 1 is 1.38 bits per heavy atom. The second-order valence-corrected chi connectivity index (χ2v) is 5.76. The predicted molar refractivity (Wildman–Crippen MR) is 75.8 cm³/mol. The highest BCUT2D eigenvalue weighted by atomic mass is 16.3. The van der Waals surface area contributed by atoms with E-state index in [2.05, 4.69) is 15.3 Å². The molecule has 1 amide bonds. The summed E-state index contributed by atoms with van der Waals surface area (Å²) in [4.78, 5) is 21.9. The summed E-state index contributed by atoms with van der Waals surface area (Å²) in [5.74, 6) is 0.399. The minimum atomic E-state index is -0.0759. The van der Waals surface area contributed by atoms with Crippen LogP contribution in [-0.4, -0.2) is 40.4 Å². The van der Waals surface area contributed by atoms with Gasteiger partial charge in [-0.3, -0.25) is 4.79 Å². The second kappa shape index (κ2) is 4.73. The lowest BCUT2D eigenvalue weighted by atomic mass is 9.80. The van der Waals surface area contributed by atoms with Crippen LogP contribution in [0.2, 0.25) is 0 Å². The molecule has 2 aliphatic heterocycles. The number of amides is 1. The van der Waals surface area contributed by atoms with E-state index in [1.165, 1.54) is 12.0 Å². The molecule has 4 heterocycles. The number of furan rings is 1. The Morgan fingerprint density at radius 2 is 2.24 bits per heavy atom. The van der Waals surface area contributed by atoms with Crippen LogP contribution in [0.3, 0.4) is 0 Å². The van der Waals surface area contributed by atoms with Gasteiger partial charge in [0, 0.05) is 31.7 Å². The van der Waals surface area contributed by atoms with Crippen molar-refractivity contribution in [1.82, 2.24) is 20.2 Å². The van der Waals surface area contributed by atoms with Crippen LogP contribution in [0.1, 0.15) is 34.8 Å². The van der Waals surface area contributed by atoms with Crippen LogP contribution in [0.4, 0.5) is 0 Å². The maximum atomic E-state index is 12.3. The van der Waals surface area contributed by atoms with Gasteiger partial charge in [-0.05, 0) is 25.0 Å². The molecule has 2 aromatic heterocycles. The standard InChI is InChI=1S/C15H18N4O2/c20-14(12-2-1-9-21-12)19-7-4-15(5-8-19)13-11(3-6-18-15)16-10-17-13/h1-2,9-10,18H,3-8H2,(H,16,17). The number of carbonyl (C=O) groups excluding carboxylic acids is 1. The van der Waals surface area contributed by atoms with Crippen LogP contribution < -0.4 is 5.32 Å². The fraction of sp³-hybridized carbons (Fsp3) is 0.467. The molecule has 2 aliphatic rings. The first-order valence-electron chi connectivity index (χ1n) is 7.39. The fourth-order valence-corrected chi connectivity index (χ4v) is 3.50. The summed E-state index contributed by atoms with van der Waals surface area (Å²) in [6.45, 7) is 2.40. The van der Waals surface area contributed by atoms with Crippen LogP contribution >= 0.6 is 0 Å². The monoisotopic (exact) mass is 286 g/mol. The van der Waals surface area contributed by atoms with E-state index in [-0.39, 0.29) is 11.4 Å². The lowest BCUT2D eigenvalue weighted by Crippen LogP contribution is -2.55. The molecule has 110 valence electrons. The van der Waals surface area contributed by atoms with Crippen LogP contribution in [0.5, 0.6) is 0 Å². The Kier molecular flexibility index (Phi) is 2.85. The van der Waals surface area contributed by atoms with Gasteiger partial charge in [0.15, 0.2) is 5.76 Å². The summed E-state index contributed by atoms with van der Waals surface area (Å²) in [5, 5.41) is 3.63. The Hall–Kier alpha value is -2.08. The number of likely N-dealkylation sites (tertiary alicyclic amines) is 1. The van der Waals surface area contributed by atoms with Crippen molar-refractivity contribution in [1.29, 1.82) is 0 Å². The number of nitrogens with zero attached hydrogens (tertiary/aromatic N) is 2. The Labute approximate surface area is 122 Å². The van der Waals surface area contributed by atoms with Crippen molar-refractivity contribution in [2.24, 2.45) is 0 Å². The topological polar surface area (TPSA) is 74.2 Å². The fourth-order valence-electron chi connectivity index (χ4n) is 3.50. The molecule has 1 spiro atoms. The zero-order valence-corrected chi connectivity index (χ0v) is 11.8. The number of imidazole rings is 1. The minimum absolute atomic E-state index is 0.0205. The number of carbonyl (C=O) groups is 1. The zero-order valence-electron chi connectivity index (χ0n) is 11.8. The predicted octanol–water partition coefficient (Wildman–Crippen LogP) is 1.28. The number of rotatable bonds is 1. The number of fused-ring (bicyclic) bond motifs is 2. The molecular formula is C15H18N4O2. The van der Waals surface area contributed by atoms with Crippen molar-refractivity contribution in [2.45, 2.75) is 24.8 Å². The molecule has 2 aromatic rings. The highest BCUT2D eigenvalue weighted by Gasteiger charge is 2.42. The third kappa shape index (κ3) is 1.98. The van der Waals surface area contributed by atoms with Gasteiger partial charge in [0.05, 0.1) is 23.8 Å². The summed E-state index contributed by atoms with van der Waals surface area (Å²) in [5.41, 5.74) is 2.30. The summed E-state index contributed by atoms with van der Waals surface area (Å²) in [7, 11) is 0. The van der Waals surface area contributed by atoms with E-state index in [4.69, 9.17) is 4.42 Å². The van der Waals surface area contributed by atoms with Gasteiger partial charge in [-0.25, -0.2) is 4.98 Å². The highest BCUT2D eigenvalue weighted by molar-refractivity contribution is 5.91. The van der Waals surface area contributed by atoms with E-state index < -0.39 is 0 Å². The minimum Gasteiger partial charge on any atom is -0.459 e. The van der Waals surface area contributed by atoms with Gasteiger partial charge in [0.25, 0.3) is 5.91 Å². The van der Waals surface area contributed by atoms with Gasteiger partial charge in [-0.15, -0.1) is 0 Å². The zero-order chi connectivity index (χ0) is 14.3. The van der Waals surface area contributed by atoms with Crippen LogP contribution in [0, 0.1) is 0 Å². The van der Waals surface area contributed by atoms with Crippen molar-refractivity contribution < 1.29 is 9.21 Å². The number of aromatic nitrogens is 2. The molecule has 2 N–H and O–H groups in total.